The molecule has 1 fully saturated rings. The molecule has 2 rings (SSSR count). The monoisotopic (exact) mass is 253 g/mol. The van der Waals surface area contributed by atoms with Crippen LogP contribution in [0.4, 0.5) is 5.69 Å². The van der Waals surface area contributed by atoms with E-state index in [0.29, 0.717) is 11.3 Å². The average molecular weight is 253 g/mol. The Morgan fingerprint density at radius 2 is 1.71 bits per heavy atom. The Bertz CT molecular complexity index is 487. The number of nitrogens with one attached hydrogen (secondary N) is 1. The highest BCUT2D eigenvalue weighted by Gasteiger charge is 2.28. The van der Waals surface area contributed by atoms with Crippen molar-refractivity contribution in [1.29, 1.82) is 0 Å². The van der Waals surface area contributed by atoms with E-state index in [2.05, 4.69) is 4.72 Å². The van der Waals surface area contributed by atoms with Crippen molar-refractivity contribution in [2.45, 2.75) is 30.9 Å². The highest BCUT2D eigenvalue weighted by atomic mass is 32.2. The minimum Gasteiger partial charge on any atom is -0.298 e. The lowest BCUT2D eigenvalue weighted by atomic mass is 10.2. The van der Waals surface area contributed by atoms with Crippen LogP contribution >= 0.6 is 0 Å². The van der Waals surface area contributed by atoms with E-state index in [1.807, 2.05) is 0 Å². The molecule has 0 saturated heterocycles. The van der Waals surface area contributed by atoms with Crippen molar-refractivity contribution in [2.75, 3.05) is 4.72 Å². The summed E-state index contributed by atoms with van der Waals surface area (Å²) in [6, 6.07) is 6.41. The predicted octanol–water partition coefficient (Wildman–Crippen LogP) is 2.18. The van der Waals surface area contributed by atoms with E-state index in [9.17, 15) is 13.2 Å². The SMILES string of the molecule is O=Cc1ccc(NS(=O)(=O)C2CCCC2)cc1. The van der Waals surface area contributed by atoms with Crippen molar-refractivity contribution in [3.8, 4) is 0 Å². The molecule has 1 N–H and O–H groups in total. The Hall–Kier alpha value is -1.36. The van der Waals surface area contributed by atoms with Gasteiger partial charge in [0.2, 0.25) is 10.0 Å². The predicted molar refractivity (Wildman–Crippen MR) is 66.6 cm³/mol. The van der Waals surface area contributed by atoms with Crippen LogP contribution in [0.1, 0.15) is 36.0 Å². The van der Waals surface area contributed by atoms with E-state index in [1.165, 1.54) is 0 Å². The van der Waals surface area contributed by atoms with Crippen LogP contribution in [0.5, 0.6) is 0 Å². The smallest absolute Gasteiger partial charge is 0.235 e. The second-order valence-corrected chi connectivity index (χ2v) is 6.25. The fraction of sp³-hybridized carbons (Fsp3) is 0.417. The molecule has 0 radical (unpaired) electrons. The van der Waals surface area contributed by atoms with Crippen LogP contribution in [0.25, 0.3) is 0 Å². The first-order valence-corrected chi connectivity index (χ1v) is 7.23. The number of hydrogen-bond acceptors (Lipinski definition) is 3. The molecular formula is C12H15NO3S. The van der Waals surface area contributed by atoms with E-state index in [1.54, 1.807) is 24.3 Å². The number of carbonyl (C=O) groups excluding carboxylic acids is 1. The van der Waals surface area contributed by atoms with Gasteiger partial charge in [-0.2, -0.15) is 0 Å². The zero-order valence-electron chi connectivity index (χ0n) is 9.43. The number of benzene rings is 1. The van der Waals surface area contributed by atoms with Crippen LogP contribution in [0, 0.1) is 0 Å². The molecule has 1 aliphatic rings. The molecule has 1 aliphatic carbocycles. The summed E-state index contributed by atoms with van der Waals surface area (Å²) in [5, 5.41) is -0.270. The molecule has 0 spiro atoms. The van der Waals surface area contributed by atoms with Crippen LogP contribution in [0.2, 0.25) is 0 Å². The Morgan fingerprint density at radius 3 is 2.24 bits per heavy atom. The first-order chi connectivity index (χ1) is 8.12. The summed E-state index contributed by atoms with van der Waals surface area (Å²) < 4.78 is 26.5. The molecule has 0 unspecified atom stereocenters. The Kier molecular flexibility index (Phi) is 3.47. The lowest BCUT2D eigenvalue weighted by Crippen LogP contribution is -2.25. The summed E-state index contributed by atoms with van der Waals surface area (Å²) in [4.78, 5) is 10.5. The van der Waals surface area contributed by atoms with Crippen LogP contribution in [-0.4, -0.2) is 20.0 Å². The van der Waals surface area contributed by atoms with E-state index in [4.69, 9.17) is 0 Å². The third kappa shape index (κ3) is 2.85. The molecule has 1 aromatic rings. The second kappa shape index (κ2) is 4.87. The first kappa shape index (κ1) is 12.1. The van der Waals surface area contributed by atoms with E-state index >= 15 is 0 Å². The van der Waals surface area contributed by atoms with Crippen molar-refractivity contribution in [1.82, 2.24) is 0 Å². The summed E-state index contributed by atoms with van der Waals surface area (Å²) in [5.74, 6) is 0. The van der Waals surface area contributed by atoms with Crippen molar-refractivity contribution in [3.63, 3.8) is 0 Å². The van der Waals surface area contributed by atoms with Gasteiger partial charge in [-0.05, 0) is 37.1 Å². The van der Waals surface area contributed by atoms with Gasteiger partial charge in [0.15, 0.2) is 0 Å². The minimum absolute atomic E-state index is 0.270. The van der Waals surface area contributed by atoms with Crippen LogP contribution < -0.4 is 4.72 Å². The van der Waals surface area contributed by atoms with E-state index < -0.39 is 10.0 Å². The molecule has 4 nitrogen and oxygen atoms in total. The van der Waals surface area contributed by atoms with Crippen molar-refractivity contribution < 1.29 is 13.2 Å². The third-order valence-corrected chi connectivity index (χ3v) is 4.92. The maximum absolute atomic E-state index is 12.0. The molecule has 5 heteroatoms. The average Bonchev–Trinajstić information content (AvgIpc) is 2.84. The van der Waals surface area contributed by atoms with Gasteiger partial charge in [-0.3, -0.25) is 9.52 Å². The summed E-state index contributed by atoms with van der Waals surface area (Å²) in [6.07, 6.45) is 4.17. The summed E-state index contributed by atoms with van der Waals surface area (Å²) in [7, 11) is -3.27. The standard InChI is InChI=1S/C12H15NO3S/c14-9-10-5-7-11(8-6-10)13-17(15,16)12-3-1-2-4-12/h5-9,12-13H,1-4H2. The molecule has 0 atom stereocenters. The van der Waals surface area contributed by atoms with Gasteiger partial charge in [-0.15, -0.1) is 0 Å². The zero-order valence-corrected chi connectivity index (χ0v) is 10.2. The number of rotatable bonds is 4. The van der Waals surface area contributed by atoms with Gasteiger partial charge >= 0.3 is 0 Å². The molecule has 0 aliphatic heterocycles. The highest BCUT2D eigenvalue weighted by molar-refractivity contribution is 7.93. The maximum atomic E-state index is 12.0. The van der Waals surface area contributed by atoms with Gasteiger partial charge in [0.1, 0.15) is 6.29 Å². The summed E-state index contributed by atoms with van der Waals surface area (Å²) >= 11 is 0. The zero-order chi connectivity index (χ0) is 12.3. The molecular weight excluding hydrogens is 238 g/mol. The molecule has 0 heterocycles. The molecule has 17 heavy (non-hydrogen) atoms. The molecule has 0 amide bonds. The number of hydrogen-bond donors (Lipinski definition) is 1. The molecule has 1 saturated carbocycles. The van der Waals surface area contributed by atoms with Crippen molar-refractivity contribution >= 4 is 22.0 Å². The summed E-state index contributed by atoms with van der Waals surface area (Å²) in [6.45, 7) is 0. The first-order valence-electron chi connectivity index (χ1n) is 5.69. The third-order valence-electron chi connectivity index (χ3n) is 3.05. The van der Waals surface area contributed by atoms with Gasteiger partial charge in [0.25, 0.3) is 0 Å². The molecule has 1 aromatic carbocycles. The van der Waals surface area contributed by atoms with Crippen LogP contribution in [0.15, 0.2) is 24.3 Å². The maximum Gasteiger partial charge on any atom is 0.235 e. The topological polar surface area (TPSA) is 63.2 Å². The number of aldehydes is 1. The van der Waals surface area contributed by atoms with Gasteiger partial charge in [-0.1, -0.05) is 12.8 Å². The van der Waals surface area contributed by atoms with Gasteiger partial charge in [0, 0.05) is 11.3 Å². The highest BCUT2D eigenvalue weighted by Crippen LogP contribution is 2.26. The van der Waals surface area contributed by atoms with Gasteiger partial charge < -0.3 is 0 Å². The lowest BCUT2D eigenvalue weighted by Gasteiger charge is -2.13. The molecule has 0 bridgehead atoms. The fourth-order valence-electron chi connectivity index (χ4n) is 2.08. The lowest BCUT2D eigenvalue weighted by molar-refractivity contribution is 0.112. The number of carbonyl (C=O) groups is 1. The van der Waals surface area contributed by atoms with E-state index in [0.717, 1.165) is 32.0 Å². The van der Waals surface area contributed by atoms with Gasteiger partial charge in [0.05, 0.1) is 5.25 Å². The largest absolute Gasteiger partial charge is 0.298 e. The number of sulfonamides is 1. The van der Waals surface area contributed by atoms with Gasteiger partial charge in [-0.25, -0.2) is 8.42 Å². The second-order valence-electron chi connectivity index (χ2n) is 4.29. The Balaban J connectivity index is 2.11. The number of anilines is 1. The fourth-order valence-corrected chi connectivity index (χ4v) is 3.66. The van der Waals surface area contributed by atoms with Crippen molar-refractivity contribution in [3.05, 3.63) is 29.8 Å². The molecule has 0 aromatic heterocycles. The Labute approximate surface area is 101 Å². The normalized spacial score (nSPS) is 16.9. The minimum atomic E-state index is -3.27. The summed E-state index contributed by atoms with van der Waals surface area (Å²) in [5.41, 5.74) is 1.05. The Morgan fingerprint density at radius 1 is 1.12 bits per heavy atom. The van der Waals surface area contributed by atoms with E-state index in [-0.39, 0.29) is 5.25 Å². The van der Waals surface area contributed by atoms with Crippen LogP contribution in [0.3, 0.4) is 0 Å². The molecule has 92 valence electrons. The quantitative estimate of drug-likeness (QED) is 0.836. The van der Waals surface area contributed by atoms with Crippen molar-refractivity contribution in [2.24, 2.45) is 0 Å². The van der Waals surface area contributed by atoms with Crippen LogP contribution in [-0.2, 0) is 10.0 Å².